The van der Waals surface area contributed by atoms with Crippen molar-refractivity contribution in [2.45, 2.75) is 19.1 Å². The second-order valence-electron chi connectivity index (χ2n) is 6.50. The van der Waals surface area contributed by atoms with Crippen LogP contribution in [0.4, 0.5) is 13.2 Å². The van der Waals surface area contributed by atoms with Crippen LogP contribution >= 0.6 is 0 Å². The van der Waals surface area contributed by atoms with Gasteiger partial charge in [-0.05, 0) is 24.1 Å². The van der Waals surface area contributed by atoms with Crippen LogP contribution in [0.5, 0.6) is 0 Å². The van der Waals surface area contributed by atoms with Crippen LogP contribution in [-0.4, -0.2) is 55.0 Å². The van der Waals surface area contributed by atoms with Gasteiger partial charge in [0.2, 0.25) is 5.91 Å². The van der Waals surface area contributed by atoms with E-state index in [1.807, 2.05) is 4.90 Å². The molecule has 0 radical (unpaired) electrons. The molecule has 1 N–H and O–H groups in total. The third-order valence-corrected chi connectivity index (χ3v) is 4.72. The number of alkyl halides is 3. The molecule has 3 rings (SSSR count). The van der Waals surface area contributed by atoms with Crippen LogP contribution in [-0.2, 0) is 17.5 Å². The summed E-state index contributed by atoms with van der Waals surface area (Å²) in [5, 5.41) is 3.12. The van der Waals surface area contributed by atoms with Gasteiger partial charge in [-0.1, -0.05) is 12.1 Å². The van der Waals surface area contributed by atoms with Crippen LogP contribution in [0.25, 0.3) is 0 Å². The number of nitrogens with one attached hydrogen (secondary N) is 1. The van der Waals surface area contributed by atoms with Gasteiger partial charge in [-0.15, -0.1) is 0 Å². The van der Waals surface area contributed by atoms with E-state index in [0.717, 1.165) is 56.8 Å². The molecule has 2 aliphatic heterocycles. The number of carbonyl (C=O) groups is 1. The van der Waals surface area contributed by atoms with E-state index in [0.29, 0.717) is 13.1 Å². The minimum Gasteiger partial charge on any atom is -0.341 e. The maximum atomic E-state index is 12.6. The summed E-state index contributed by atoms with van der Waals surface area (Å²) in [5.74, 6) is 0.344. The average molecular weight is 341 g/mol. The first kappa shape index (κ1) is 17.2. The molecule has 0 aliphatic carbocycles. The fourth-order valence-corrected chi connectivity index (χ4v) is 3.13. The molecule has 0 bridgehead atoms. The summed E-state index contributed by atoms with van der Waals surface area (Å²) < 4.78 is 37.8. The van der Waals surface area contributed by atoms with Crippen molar-refractivity contribution in [3.05, 3.63) is 35.4 Å². The van der Waals surface area contributed by atoms with Crippen LogP contribution < -0.4 is 5.32 Å². The minimum atomic E-state index is -4.29. The molecule has 0 unspecified atom stereocenters. The molecule has 1 amide bonds. The van der Waals surface area contributed by atoms with E-state index < -0.39 is 11.7 Å². The molecule has 7 heteroatoms. The summed E-state index contributed by atoms with van der Waals surface area (Å²) in [5.41, 5.74) is 0.249. The van der Waals surface area contributed by atoms with Crippen molar-refractivity contribution in [2.24, 2.45) is 5.92 Å². The predicted octanol–water partition coefficient (Wildman–Crippen LogP) is 1.96. The average Bonchev–Trinajstić information content (AvgIpc) is 2.71. The first-order valence-electron chi connectivity index (χ1n) is 8.31. The highest BCUT2D eigenvalue weighted by Gasteiger charge is 2.31. The molecule has 0 aromatic heterocycles. The summed E-state index contributed by atoms with van der Waals surface area (Å²) in [6.07, 6.45) is -3.40. The third-order valence-electron chi connectivity index (χ3n) is 4.72. The SMILES string of the molecule is O=C(C1CNC1)N1CCCN(Cc2ccc(C(F)(F)F)cc2)CC1. The van der Waals surface area contributed by atoms with Crippen LogP contribution in [0.2, 0.25) is 0 Å². The number of benzene rings is 1. The summed E-state index contributed by atoms with van der Waals surface area (Å²) in [6.45, 7) is 5.22. The molecule has 0 spiro atoms. The maximum Gasteiger partial charge on any atom is 0.416 e. The zero-order valence-corrected chi connectivity index (χ0v) is 13.5. The number of amides is 1. The molecule has 4 nitrogen and oxygen atoms in total. The van der Waals surface area contributed by atoms with Gasteiger partial charge in [-0.2, -0.15) is 13.2 Å². The molecular weight excluding hydrogens is 319 g/mol. The van der Waals surface area contributed by atoms with Gasteiger partial charge in [0.15, 0.2) is 0 Å². The fraction of sp³-hybridized carbons (Fsp3) is 0.588. The number of hydrogen-bond acceptors (Lipinski definition) is 3. The Balaban J connectivity index is 1.53. The van der Waals surface area contributed by atoms with Crippen LogP contribution in [0.1, 0.15) is 17.5 Å². The van der Waals surface area contributed by atoms with Crippen molar-refractivity contribution in [3.63, 3.8) is 0 Å². The van der Waals surface area contributed by atoms with E-state index in [4.69, 9.17) is 0 Å². The lowest BCUT2D eigenvalue weighted by Gasteiger charge is -2.31. The number of carbonyl (C=O) groups excluding carboxylic acids is 1. The molecule has 1 aromatic carbocycles. The lowest BCUT2D eigenvalue weighted by atomic mass is 10.0. The van der Waals surface area contributed by atoms with Gasteiger partial charge >= 0.3 is 6.18 Å². The van der Waals surface area contributed by atoms with Crippen molar-refractivity contribution < 1.29 is 18.0 Å². The minimum absolute atomic E-state index is 0.117. The number of nitrogens with zero attached hydrogens (tertiary/aromatic N) is 2. The van der Waals surface area contributed by atoms with E-state index >= 15 is 0 Å². The van der Waals surface area contributed by atoms with Gasteiger partial charge in [-0.3, -0.25) is 9.69 Å². The third kappa shape index (κ3) is 4.08. The first-order chi connectivity index (χ1) is 11.4. The smallest absolute Gasteiger partial charge is 0.341 e. The molecule has 0 atom stereocenters. The van der Waals surface area contributed by atoms with Gasteiger partial charge in [0.1, 0.15) is 0 Å². The monoisotopic (exact) mass is 341 g/mol. The van der Waals surface area contributed by atoms with Gasteiger partial charge in [0.05, 0.1) is 11.5 Å². The topological polar surface area (TPSA) is 35.6 Å². The molecular formula is C17H22F3N3O. The molecule has 0 saturated carbocycles. The van der Waals surface area contributed by atoms with Crippen LogP contribution in [0, 0.1) is 5.92 Å². The maximum absolute atomic E-state index is 12.6. The van der Waals surface area contributed by atoms with E-state index in [2.05, 4.69) is 10.2 Å². The first-order valence-corrected chi connectivity index (χ1v) is 8.31. The Hall–Kier alpha value is -1.60. The van der Waals surface area contributed by atoms with Crippen molar-refractivity contribution in [3.8, 4) is 0 Å². The number of halogens is 3. The molecule has 2 saturated heterocycles. The molecule has 2 fully saturated rings. The summed E-state index contributed by atoms with van der Waals surface area (Å²) in [4.78, 5) is 16.4. The Labute approximate surface area is 139 Å². The van der Waals surface area contributed by atoms with Crippen molar-refractivity contribution in [2.75, 3.05) is 39.3 Å². The van der Waals surface area contributed by atoms with Crippen molar-refractivity contribution in [1.82, 2.24) is 15.1 Å². The standard InChI is InChI=1S/C17H22F3N3O/c18-17(19,20)15-4-2-13(3-5-15)12-22-6-1-7-23(9-8-22)16(24)14-10-21-11-14/h2-5,14,21H,1,6-12H2. The lowest BCUT2D eigenvalue weighted by Crippen LogP contribution is -2.52. The van der Waals surface area contributed by atoms with E-state index in [-0.39, 0.29) is 11.8 Å². The number of hydrogen-bond donors (Lipinski definition) is 1. The fourth-order valence-electron chi connectivity index (χ4n) is 3.13. The van der Waals surface area contributed by atoms with Gasteiger partial charge in [-0.25, -0.2) is 0 Å². The summed E-state index contributed by atoms with van der Waals surface area (Å²) in [7, 11) is 0. The van der Waals surface area contributed by atoms with Gasteiger partial charge in [0, 0.05) is 45.8 Å². The Kier molecular flexibility index (Phi) is 5.10. The highest BCUT2D eigenvalue weighted by atomic mass is 19.4. The zero-order chi connectivity index (χ0) is 17.2. The van der Waals surface area contributed by atoms with E-state index in [1.165, 1.54) is 12.1 Å². The lowest BCUT2D eigenvalue weighted by molar-refractivity contribution is -0.138. The molecule has 132 valence electrons. The Morgan fingerprint density at radius 3 is 2.38 bits per heavy atom. The normalized spacial score (nSPS) is 20.5. The Morgan fingerprint density at radius 1 is 1.08 bits per heavy atom. The highest BCUT2D eigenvalue weighted by Crippen LogP contribution is 2.29. The predicted molar refractivity (Wildman–Crippen MR) is 84.3 cm³/mol. The van der Waals surface area contributed by atoms with Crippen molar-refractivity contribution in [1.29, 1.82) is 0 Å². The Morgan fingerprint density at radius 2 is 1.79 bits per heavy atom. The highest BCUT2D eigenvalue weighted by molar-refractivity contribution is 5.80. The van der Waals surface area contributed by atoms with Crippen molar-refractivity contribution >= 4 is 5.91 Å². The second kappa shape index (κ2) is 7.11. The molecule has 24 heavy (non-hydrogen) atoms. The van der Waals surface area contributed by atoms with E-state index in [1.54, 1.807) is 0 Å². The molecule has 1 aromatic rings. The van der Waals surface area contributed by atoms with Crippen LogP contribution in [0.15, 0.2) is 24.3 Å². The largest absolute Gasteiger partial charge is 0.416 e. The Bertz CT molecular complexity index is 569. The zero-order valence-electron chi connectivity index (χ0n) is 13.5. The van der Waals surface area contributed by atoms with Gasteiger partial charge < -0.3 is 10.2 Å². The summed E-state index contributed by atoms with van der Waals surface area (Å²) >= 11 is 0. The second-order valence-corrected chi connectivity index (χ2v) is 6.50. The molecule has 2 heterocycles. The van der Waals surface area contributed by atoms with E-state index in [9.17, 15) is 18.0 Å². The summed E-state index contributed by atoms with van der Waals surface area (Å²) in [6, 6.07) is 5.34. The van der Waals surface area contributed by atoms with Gasteiger partial charge in [0.25, 0.3) is 0 Å². The quantitative estimate of drug-likeness (QED) is 0.913. The van der Waals surface area contributed by atoms with Crippen LogP contribution in [0.3, 0.4) is 0 Å². The number of rotatable bonds is 3. The molecule has 2 aliphatic rings.